The molecule has 12 rings (SSSR count). The Kier molecular flexibility index (Phi) is 31.1. The molecule has 1 aliphatic carbocycles. The summed E-state index contributed by atoms with van der Waals surface area (Å²) in [6.07, 6.45) is 21.4. The number of aryl methyl sites for hydroxylation is 1. The Morgan fingerprint density at radius 3 is 2.27 bits per heavy atom. The second-order valence-electron chi connectivity index (χ2n) is 33.0. The number of carbonyl (C=O) groups excluding carboxylic acids is 7. The van der Waals surface area contributed by atoms with E-state index >= 15 is 0 Å². The van der Waals surface area contributed by atoms with Gasteiger partial charge in [0.05, 0.1) is 60.4 Å². The molecule has 6 aromatic heterocycles. The second-order valence-corrected chi connectivity index (χ2v) is 33.0. The van der Waals surface area contributed by atoms with Gasteiger partial charge in [-0.25, -0.2) is 44.1 Å². The van der Waals surface area contributed by atoms with Crippen LogP contribution in [0.3, 0.4) is 0 Å². The zero-order chi connectivity index (χ0) is 86.9. The Balaban J connectivity index is 0.602. The number of aromatic hydroxyl groups is 1. The van der Waals surface area contributed by atoms with Crippen LogP contribution < -0.4 is 31.9 Å². The van der Waals surface area contributed by atoms with Crippen LogP contribution in [0.25, 0.3) is 44.6 Å². The lowest BCUT2D eigenvalue weighted by atomic mass is 9.79. The number of rotatable bonds is 23. The average molecular weight is 1690 g/mol. The monoisotopic (exact) mass is 1680 g/mol. The minimum absolute atomic E-state index is 0.0168. The van der Waals surface area contributed by atoms with E-state index in [0.717, 1.165) is 27.1 Å². The van der Waals surface area contributed by atoms with Gasteiger partial charge in [0.15, 0.2) is 11.4 Å². The number of ketones is 3. The summed E-state index contributed by atoms with van der Waals surface area (Å²) in [5, 5.41) is 54.9. The molecule has 10 heterocycles. The summed E-state index contributed by atoms with van der Waals surface area (Å²) in [5.74, 6) is -7.58. The molecule has 3 amide bonds. The number of anilines is 3. The number of fused-ring (bicyclic) bond motifs is 5. The van der Waals surface area contributed by atoms with Crippen molar-refractivity contribution in [1.82, 2.24) is 75.2 Å². The lowest BCUT2D eigenvalue weighted by Gasteiger charge is -2.42. The Labute approximate surface area is 709 Å². The summed E-state index contributed by atoms with van der Waals surface area (Å²) in [6.45, 7) is 14.5. The molecule has 656 valence electrons. The van der Waals surface area contributed by atoms with E-state index in [2.05, 4.69) is 50.8 Å². The quantitative estimate of drug-likeness (QED) is 0.0135. The molecule has 0 radical (unpaired) electrons. The van der Waals surface area contributed by atoms with Crippen molar-refractivity contribution < 1.29 is 77.3 Å². The summed E-state index contributed by atoms with van der Waals surface area (Å²) in [6, 6.07) is 4.56. The van der Waals surface area contributed by atoms with Crippen molar-refractivity contribution >= 4 is 80.7 Å². The Bertz CT molecular complexity index is 4910. The lowest BCUT2D eigenvalue weighted by Crippen LogP contribution is -2.61. The average Bonchev–Trinajstić information content (AvgIpc) is 1.07. The number of methoxy groups -OCH3 is 3. The summed E-state index contributed by atoms with van der Waals surface area (Å²) < 4.78 is 39.5. The van der Waals surface area contributed by atoms with E-state index in [0.29, 0.717) is 161 Å². The largest absolute Gasteiger partial charge is 0.508 e. The van der Waals surface area contributed by atoms with Gasteiger partial charge in [0.1, 0.15) is 59.4 Å². The predicted octanol–water partition coefficient (Wildman–Crippen LogP) is 7.23. The molecule has 2 bridgehead atoms. The van der Waals surface area contributed by atoms with Crippen LogP contribution in [0.1, 0.15) is 154 Å². The van der Waals surface area contributed by atoms with Gasteiger partial charge < -0.3 is 85.5 Å². The third-order valence-corrected chi connectivity index (χ3v) is 24.3. The number of nitrogens with two attached hydrogens (primary N) is 2. The molecule has 1 saturated carbocycles. The summed E-state index contributed by atoms with van der Waals surface area (Å²) in [5.41, 5.74) is 18.9. The first kappa shape index (κ1) is 90.6. The smallest absolute Gasteiger partial charge is 0.329 e. The van der Waals surface area contributed by atoms with Crippen LogP contribution in [-0.2, 0) is 63.7 Å². The number of cyclic esters (lactones) is 1. The normalized spacial score (nSPS) is 27.8. The van der Waals surface area contributed by atoms with Gasteiger partial charge in [-0.3, -0.25) is 28.8 Å². The van der Waals surface area contributed by atoms with Crippen molar-refractivity contribution in [3.05, 3.63) is 115 Å². The molecule has 3 saturated heterocycles. The second kappa shape index (κ2) is 41.9. The number of Topliss-reactive ketones (excluding diaryl/α,β-unsaturated/α-hetero) is 3. The third kappa shape index (κ3) is 22.2. The minimum Gasteiger partial charge on any atom is -0.508 e. The van der Waals surface area contributed by atoms with Gasteiger partial charge in [-0.15, -0.1) is 5.10 Å². The molecule has 122 heavy (non-hydrogen) atoms. The first-order valence-electron chi connectivity index (χ1n) is 42.4. The third-order valence-electron chi connectivity index (χ3n) is 24.3. The minimum atomic E-state index is -2.50. The number of nitrogens with one attached hydrogen (secondary N) is 3. The molecule has 1 aromatic carbocycles. The molecule has 4 fully saturated rings. The predicted molar refractivity (Wildman–Crippen MR) is 453 cm³/mol. The highest BCUT2D eigenvalue weighted by Crippen LogP contribution is 2.40. The molecule has 5 aliphatic rings. The number of phenols is 1. The fourth-order valence-electron chi connectivity index (χ4n) is 17.0. The van der Waals surface area contributed by atoms with Crippen molar-refractivity contribution in [1.29, 1.82) is 0 Å². The van der Waals surface area contributed by atoms with Gasteiger partial charge in [0.2, 0.25) is 23.6 Å². The SMILES string of the molecule is CO[C@H]1C[C@@H]2CC[C@@H](C)[C@@](O)(O2)C(=O)C(=O)N2CCCC[C@H]2C(=O)O[C@H]([C@H](N)C[C@@H]2CC[C@H](n3cc(-c4cnc(N5CCN(c6ncc(C(=O)NCCOCCC(=O)NCCCCn7nc(-c8cc9cc(O)ccc9[nH]8)c8c(N)ncnc87)cn6)CC5)nc4)nn3)[C@H](OC)C2)CC(=O)[C@H](C)/C=C(\C)[C@@H](O)[C@@H](OC)C(=O)[C@H](C)C[C@H](C)/C=C/C=C/C=C/1C. The zero-order valence-corrected chi connectivity index (χ0v) is 71.1. The first-order valence-corrected chi connectivity index (χ1v) is 42.4. The summed E-state index contributed by atoms with van der Waals surface area (Å²) in [4.78, 5) is 134. The highest BCUT2D eigenvalue weighted by Gasteiger charge is 2.53. The molecule has 4 aliphatic heterocycles. The number of unbranched alkanes of at least 4 members (excludes halogenated alkanes) is 1. The van der Waals surface area contributed by atoms with E-state index in [1.54, 1.807) is 87.9 Å². The van der Waals surface area contributed by atoms with Gasteiger partial charge in [-0.05, 0) is 138 Å². The van der Waals surface area contributed by atoms with E-state index in [1.165, 1.54) is 25.8 Å². The maximum Gasteiger partial charge on any atom is 0.329 e. The number of allylic oxidation sites excluding steroid dienone is 6. The number of aromatic nitrogens is 12. The Morgan fingerprint density at radius 1 is 0.795 bits per heavy atom. The van der Waals surface area contributed by atoms with Crippen LogP contribution in [0.5, 0.6) is 5.75 Å². The van der Waals surface area contributed by atoms with E-state index < -0.39 is 83.8 Å². The number of H-pyrrole nitrogens is 1. The van der Waals surface area contributed by atoms with Gasteiger partial charge in [0, 0.05) is 158 Å². The first-order chi connectivity index (χ1) is 58.7. The van der Waals surface area contributed by atoms with Crippen LogP contribution in [0, 0.1) is 29.6 Å². The number of aromatic amines is 1. The molecule has 0 spiro atoms. The molecule has 10 N–H and O–H groups in total. The number of carbonyl (C=O) groups is 7. The number of phenolic OH excluding ortho intramolecular Hbond substituents is 1. The number of esters is 1. The molecule has 35 nitrogen and oxygen atoms in total. The topological polar surface area (TPSA) is 463 Å². The number of amides is 3. The standard InChI is InChI=1S/C87H117N19O16/c1-51-17-11-10-12-18-52(2)70(117-7)43-62-23-20-56(6)87(116,122-62)79(112)83(114)104-29-15-13-19-68(104)84(115)121-71(44-69(108)53(3)38-55(5)77(111)78(119-9)76(110)54(4)37-51)63(88)39-57-21-25-67(72(40-57)118-8)106-49-66(99-101-106)59-45-92-85(93-46-59)102-31-33-103(34-32-102)86-94-47-60(48-95-86)82(113)91-28-36-120-35-26-73(109)90-27-14-16-30-105-81-74(80(89)96-50-97-81)75(100-105)65-42-58-41-61(107)22-24-64(58)98-65/h10-12,17-18,22,24,38,41-42,45-51,53-54,56-57,62-63,67-68,70-72,77-78,98,107,111,116H,13-16,19-21,23,25-37,39-40,43-44,88H2,1-9H3,(H,90,109)(H,91,113)(H2,89,96,97)/b12-10+,17-11+,52-18+,55-38+/t51-,53-,54-,56-,57+,62+,63-,67+,68+,70+,71+,72-,77-,78+,87-/m1/s1. The van der Waals surface area contributed by atoms with E-state index in [4.69, 9.17) is 55.0 Å². The fraction of sp³-hybridized carbons (Fsp3) is 0.563. The number of aliphatic hydroxyl groups excluding tert-OH is 1. The van der Waals surface area contributed by atoms with Gasteiger partial charge in [-0.2, -0.15) is 5.10 Å². The van der Waals surface area contributed by atoms with Gasteiger partial charge in [0.25, 0.3) is 17.6 Å². The van der Waals surface area contributed by atoms with Crippen molar-refractivity contribution in [2.75, 3.05) is 95.9 Å². The molecule has 35 heteroatoms. The number of benzene rings is 1. The molecular weight excluding hydrogens is 1570 g/mol. The molecule has 15 atom stereocenters. The van der Waals surface area contributed by atoms with Crippen molar-refractivity contribution in [2.45, 2.75) is 205 Å². The van der Waals surface area contributed by atoms with Crippen molar-refractivity contribution in [3.63, 3.8) is 0 Å². The van der Waals surface area contributed by atoms with Crippen molar-refractivity contribution in [3.8, 4) is 28.4 Å². The number of piperidine rings is 1. The van der Waals surface area contributed by atoms with E-state index in [-0.39, 0.29) is 111 Å². The maximum absolute atomic E-state index is 14.8. The fourth-order valence-corrected chi connectivity index (χ4v) is 17.0. The van der Waals surface area contributed by atoms with Crippen LogP contribution in [0.15, 0.2) is 109 Å². The van der Waals surface area contributed by atoms with Crippen molar-refractivity contribution in [2.24, 2.45) is 35.3 Å². The number of hydrogen-bond donors (Lipinski definition) is 8. The lowest BCUT2D eigenvalue weighted by molar-refractivity contribution is -0.265. The van der Waals surface area contributed by atoms with Crippen LogP contribution in [-0.4, -0.2) is 256 Å². The Hall–Kier alpha value is -10.7. The van der Waals surface area contributed by atoms with Crippen LogP contribution in [0.2, 0.25) is 0 Å². The summed E-state index contributed by atoms with van der Waals surface area (Å²) >= 11 is 0. The number of hydrogen-bond acceptors (Lipinski definition) is 29. The molecule has 7 aromatic rings. The number of piperazine rings is 1. The number of nitrogens with zero attached hydrogens (tertiary/aromatic N) is 14. The number of ether oxygens (including phenoxy) is 6. The van der Waals surface area contributed by atoms with Crippen LogP contribution in [0.4, 0.5) is 17.7 Å². The summed E-state index contributed by atoms with van der Waals surface area (Å²) in [7, 11) is 4.56. The van der Waals surface area contributed by atoms with Crippen LogP contribution >= 0.6 is 0 Å². The number of aliphatic hydroxyl groups is 2. The Morgan fingerprint density at radius 2 is 1.54 bits per heavy atom. The number of nitrogen functional groups attached to an aromatic ring is 1. The highest BCUT2D eigenvalue weighted by molar-refractivity contribution is 6.39. The molecular formula is C87H117N19O16. The van der Waals surface area contributed by atoms with Gasteiger partial charge >= 0.3 is 5.97 Å². The van der Waals surface area contributed by atoms with Gasteiger partial charge in [-0.1, -0.05) is 69.4 Å². The maximum atomic E-state index is 14.8. The zero-order valence-electron chi connectivity index (χ0n) is 71.1. The van der Waals surface area contributed by atoms with E-state index in [1.807, 2.05) is 61.4 Å². The van der Waals surface area contributed by atoms with E-state index in [9.17, 15) is 48.9 Å². The highest BCUT2D eigenvalue weighted by atomic mass is 16.6. The molecule has 0 unspecified atom stereocenters.